The minimum atomic E-state index is -0.684. The first-order valence-electron chi connectivity index (χ1n) is 10.7. The van der Waals surface area contributed by atoms with Crippen molar-refractivity contribution in [1.29, 1.82) is 5.26 Å². The monoisotopic (exact) mass is 404 g/mol. The molecule has 0 unspecified atom stereocenters. The van der Waals surface area contributed by atoms with Crippen molar-refractivity contribution in [2.45, 2.75) is 45.1 Å². The number of carbonyl (C=O) groups excluding carboxylic acids is 1. The Morgan fingerprint density at radius 1 is 1.13 bits per heavy atom. The Morgan fingerprint density at radius 2 is 1.77 bits per heavy atom. The average Bonchev–Trinajstić information content (AvgIpc) is 3.53. The number of Topliss-reactive ketones (excluding diaryl/α,β-unsaturated/α-hetero) is 1. The quantitative estimate of drug-likeness (QED) is 0.605. The molecular formula is C25H28N2O3. The Labute approximate surface area is 178 Å². The Hall–Kier alpha value is -3.00. The highest BCUT2D eigenvalue weighted by Gasteiger charge is 2.50. The van der Waals surface area contributed by atoms with Gasteiger partial charge < -0.3 is 14.4 Å². The molecule has 2 fully saturated rings. The molecule has 0 aromatic heterocycles. The number of nitriles is 1. The van der Waals surface area contributed by atoms with Crippen LogP contribution in [-0.4, -0.2) is 31.6 Å². The largest absolute Gasteiger partial charge is 0.494 e. The normalized spacial score (nSPS) is 18.1. The van der Waals surface area contributed by atoms with Gasteiger partial charge in [-0.2, -0.15) is 5.26 Å². The summed E-state index contributed by atoms with van der Waals surface area (Å²) in [6, 6.07) is 18.4. The molecule has 1 saturated carbocycles. The second kappa shape index (κ2) is 8.39. The first-order chi connectivity index (χ1) is 14.5. The lowest BCUT2D eigenvalue weighted by Gasteiger charge is -2.40. The summed E-state index contributed by atoms with van der Waals surface area (Å²) < 4.78 is 11.6. The average molecular weight is 405 g/mol. The molecule has 0 spiro atoms. The number of rotatable bonds is 9. The predicted octanol–water partition coefficient (Wildman–Crippen LogP) is 4.72. The van der Waals surface area contributed by atoms with Crippen molar-refractivity contribution in [3.05, 3.63) is 54.1 Å². The van der Waals surface area contributed by atoms with Crippen LogP contribution in [0.1, 0.15) is 44.6 Å². The molecule has 156 valence electrons. The van der Waals surface area contributed by atoms with Gasteiger partial charge in [-0.3, -0.25) is 4.79 Å². The van der Waals surface area contributed by atoms with Gasteiger partial charge in [0, 0.05) is 12.1 Å². The number of ether oxygens (including phenoxy) is 2. The smallest absolute Gasteiger partial charge is 0.153 e. The van der Waals surface area contributed by atoms with Crippen LogP contribution in [0.25, 0.3) is 0 Å². The molecule has 1 saturated heterocycles. The minimum absolute atomic E-state index is 0.0849. The maximum Gasteiger partial charge on any atom is 0.153 e. The molecule has 1 atom stereocenters. The van der Waals surface area contributed by atoms with Crippen LogP contribution in [0.4, 0.5) is 5.69 Å². The second-order valence-corrected chi connectivity index (χ2v) is 8.36. The van der Waals surface area contributed by atoms with Crippen LogP contribution < -0.4 is 14.4 Å². The standard InChI is InChI=1S/C25H28N2O3/c1-3-29-21-10-6-20(7-11-21)27-15-23(16-27)30-22-8-4-19(5-9-22)18(2)14-24(28)25(17-26)12-13-25/h4-11,18,23H,3,12-16H2,1-2H3/t18-/m1/s1. The summed E-state index contributed by atoms with van der Waals surface area (Å²) in [6.45, 7) is 6.42. The fourth-order valence-electron chi connectivity index (χ4n) is 3.88. The zero-order chi connectivity index (χ0) is 21.1. The fraction of sp³-hybridized carbons (Fsp3) is 0.440. The third-order valence-electron chi connectivity index (χ3n) is 6.10. The number of anilines is 1. The van der Waals surface area contributed by atoms with Gasteiger partial charge in [-0.25, -0.2) is 0 Å². The van der Waals surface area contributed by atoms with E-state index in [1.165, 1.54) is 5.69 Å². The van der Waals surface area contributed by atoms with Gasteiger partial charge in [-0.05, 0) is 67.6 Å². The molecule has 0 bridgehead atoms. The van der Waals surface area contributed by atoms with Crippen molar-refractivity contribution in [3.8, 4) is 17.6 Å². The van der Waals surface area contributed by atoms with E-state index >= 15 is 0 Å². The lowest BCUT2D eigenvalue weighted by Crippen LogP contribution is -2.54. The topological polar surface area (TPSA) is 62.6 Å². The number of ketones is 1. The van der Waals surface area contributed by atoms with E-state index in [1.807, 2.05) is 50.2 Å². The second-order valence-electron chi connectivity index (χ2n) is 8.36. The number of hydrogen-bond acceptors (Lipinski definition) is 5. The van der Waals surface area contributed by atoms with E-state index in [-0.39, 0.29) is 17.8 Å². The Kier molecular flexibility index (Phi) is 5.67. The summed E-state index contributed by atoms with van der Waals surface area (Å²) in [4.78, 5) is 14.6. The molecule has 0 radical (unpaired) electrons. The Balaban J connectivity index is 1.25. The van der Waals surface area contributed by atoms with E-state index in [4.69, 9.17) is 9.47 Å². The SMILES string of the molecule is CCOc1ccc(N2CC(Oc3ccc([C@H](C)CC(=O)C4(C#N)CC4)cc3)C2)cc1. The van der Waals surface area contributed by atoms with Crippen molar-refractivity contribution < 1.29 is 14.3 Å². The van der Waals surface area contributed by atoms with Crippen LogP contribution in [0.15, 0.2) is 48.5 Å². The van der Waals surface area contributed by atoms with Gasteiger partial charge in [0.1, 0.15) is 23.0 Å². The van der Waals surface area contributed by atoms with E-state index < -0.39 is 5.41 Å². The van der Waals surface area contributed by atoms with Crippen LogP contribution >= 0.6 is 0 Å². The highest BCUT2D eigenvalue weighted by Crippen LogP contribution is 2.47. The molecule has 2 aromatic carbocycles. The number of hydrogen-bond donors (Lipinski definition) is 0. The molecule has 0 N–H and O–H groups in total. The van der Waals surface area contributed by atoms with E-state index in [0.717, 1.165) is 43.0 Å². The third kappa shape index (κ3) is 4.28. The molecule has 0 amide bonds. The van der Waals surface area contributed by atoms with Crippen LogP contribution in [0.2, 0.25) is 0 Å². The molecule has 1 aliphatic carbocycles. The lowest BCUT2D eigenvalue weighted by atomic mass is 9.90. The summed E-state index contributed by atoms with van der Waals surface area (Å²) in [7, 11) is 0. The summed E-state index contributed by atoms with van der Waals surface area (Å²) in [6.07, 6.45) is 2.04. The highest BCUT2D eigenvalue weighted by molar-refractivity contribution is 5.90. The van der Waals surface area contributed by atoms with Gasteiger partial charge in [-0.15, -0.1) is 0 Å². The van der Waals surface area contributed by atoms with Crippen LogP contribution in [0.3, 0.4) is 0 Å². The molecule has 2 aromatic rings. The number of carbonyl (C=O) groups is 1. The molecule has 1 aliphatic heterocycles. The van der Waals surface area contributed by atoms with Gasteiger partial charge in [-0.1, -0.05) is 19.1 Å². The van der Waals surface area contributed by atoms with Gasteiger partial charge in [0.05, 0.1) is 25.8 Å². The lowest BCUT2D eigenvalue weighted by molar-refractivity contribution is -0.122. The van der Waals surface area contributed by atoms with Gasteiger partial charge in [0.25, 0.3) is 0 Å². The summed E-state index contributed by atoms with van der Waals surface area (Å²) in [5.74, 6) is 1.94. The number of nitrogens with zero attached hydrogens (tertiary/aromatic N) is 2. The zero-order valence-electron chi connectivity index (χ0n) is 17.6. The van der Waals surface area contributed by atoms with Crippen molar-refractivity contribution >= 4 is 11.5 Å². The fourth-order valence-corrected chi connectivity index (χ4v) is 3.88. The summed E-state index contributed by atoms with van der Waals surface area (Å²) >= 11 is 0. The first kappa shape index (κ1) is 20.3. The van der Waals surface area contributed by atoms with E-state index in [9.17, 15) is 10.1 Å². The first-order valence-corrected chi connectivity index (χ1v) is 10.7. The maximum absolute atomic E-state index is 12.3. The van der Waals surface area contributed by atoms with E-state index in [1.54, 1.807) is 0 Å². The molecule has 2 aliphatic rings. The van der Waals surface area contributed by atoms with E-state index in [2.05, 4.69) is 23.1 Å². The Bertz CT molecular complexity index is 920. The van der Waals surface area contributed by atoms with Gasteiger partial charge in [0.2, 0.25) is 0 Å². The van der Waals surface area contributed by atoms with Gasteiger partial charge in [0.15, 0.2) is 5.78 Å². The molecular weight excluding hydrogens is 376 g/mol. The van der Waals surface area contributed by atoms with Crippen LogP contribution in [0.5, 0.6) is 11.5 Å². The molecule has 30 heavy (non-hydrogen) atoms. The van der Waals surface area contributed by atoms with Crippen molar-refractivity contribution in [2.75, 3.05) is 24.6 Å². The van der Waals surface area contributed by atoms with E-state index in [0.29, 0.717) is 13.0 Å². The number of benzene rings is 2. The summed E-state index contributed by atoms with van der Waals surface area (Å²) in [5, 5.41) is 9.19. The van der Waals surface area contributed by atoms with Crippen LogP contribution in [-0.2, 0) is 4.79 Å². The highest BCUT2D eigenvalue weighted by atomic mass is 16.5. The Morgan fingerprint density at radius 3 is 2.33 bits per heavy atom. The maximum atomic E-state index is 12.3. The van der Waals surface area contributed by atoms with Crippen molar-refractivity contribution in [1.82, 2.24) is 0 Å². The van der Waals surface area contributed by atoms with Gasteiger partial charge >= 0.3 is 0 Å². The van der Waals surface area contributed by atoms with Crippen LogP contribution in [0, 0.1) is 16.7 Å². The molecule has 5 heteroatoms. The molecule has 5 nitrogen and oxygen atoms in total. The zero-order valence-corrected chi connectivity index (χ0v) is 17.6. The van der Waals surface area contributed by atoms with Crippen molar-refractivity contribution in [2.24, 2.45) is 5.41 Å². The molecule has 1 heterocycles. The van der Waals surface area contributed by atoms with Crippen molar-refractivity contribution in [3.63, 3.8) is 0 Å². The molecule has 4 rings (SSSR count). The summed E-state index contributed by atoms with van der Waals surface area (Å²) in [5.41, 5.74) is 1.60. The third-order valence-corrected chi connectivity index (χ3v) is 6.10. The minimum Gasteiger partial charge on any atom is -0.494 e. The predicted molar refractivity (Wildman–Crippen MR) is 116 cm³/mol.